The van der Waals surface area contributed by atoms with Crippen LogP contribution in [0.15, 0.2) is 24.3 Å². The molecule has 2 aliphatic rings. The monoisotopic (exact) mass is 327 g/mol. The quantitative estimate of drug-likeness (QED) is 0.816. The smallest absolute Gasteiger partial charge is 0.0205 e. The number of rotatable bonds is 5. The van der Waals surface area contributed by atoms with Gasteiger partial charge in [0.05, 0.1) is 0 Å². The molecule has 0 heterocycles. The van der Waals surface area contributed by atoms with Gasteiger partial charge in [0.25, 0.3) is 0 Å². The molecule has 1 aromatic carbocycles. The van der Waals surface area contributed by atoms with Crippen LogP contribution in [0.5, 0.6) is 0 Å². The second kappa shape index (κ2) is 4.30. The largest absolute Gasteiger partial charge is 0.312 e. The summed E-state index contributed by atoms with van der Waals surface area (Å²) in [6, 6.07) is 8.83. The van der Waals surface area contributed by atoms with Gasteiger partial charge in [-0.05, 0) is 77.3 Å². The van der Waals surface area contributed by atoms with Gasteiger partial charge < -0.3 is 5.32 Å². The first-order chi connectivity index (χ1) is 7.78. The molecule has 0 saturated heterocycles. The van der Waals surface area contributed by atoms with Crippen LogP contribution in [0.2, 0.25) is 0 Å². The first-order valence-corrected chi connectivity index (χ1v) is 7.32. The predicted octanol–water partition coefficient (Wildman–Crippen LogP) is 3.57. The fraction of sp³-hybridized carbons (Fsp3) is 0.571. The fourth-order valence-corrected chi connectivity index (χ4v) is 3.00. The van der Waals surface area contributed by atoms with Crippen molar-refractivity contribution in [3.63, 3.8) is 0 Å². The first-order valence-electron chi connectivity index (χ1n) is 6.24. The van der Waals surface area contributed by atoms with Gasteiger partial charge >= 0.3 is 0 Å². The third-order valence-electron chi connectivity index (χ3n) is 4.06. The van der Waals surface area contributed by atoms with Crippen molar-refractivity contribution in [1.29, 1.82) is 0 Å². The van der Waals surface area contributed by atoms with Crippen LogP contribution in [-0.2, 0) is 6.54 Å². The van der Waals surface area contributed by atoms with E-state index in [0.717, 1.165) is 17.9 Å². The van der Waals surface area contributed by atoms with E-state index < -0.39 is 0 Å². The molecular formula is C14H18IN. The number of nitrogens with one attached hydrogen (secondary N) is 1. The number of benzene rings is 1. The lowest BCUT2D eigenvalue weighted by Crippen LogP contribution is -2.24. The van der Waals surface area contributed by atoms with Crippen LogP contribution in [0.1, 0.15) is 31.2 Å². The SMILES string of the molecule is Ic1ccc(CNCC2(C3CC3)CC2)cc1. The minimum absolute atomic E-state index is 0.725. The second-order valence-corrected chi connectivity index (χ2v) is 6.61. The van der Waals surface area contributed by atoms with Crippen molar-refractivity contribution in [1.82, 2.24) is 5.32 Å². The van der Waals surface area contributed by atoms with Gasteiger partial charge in [-0.2, -0.15) is 0 Å². The molecule has 2 aliphatic carbocycles. The normalized spacial score (nSPS) is 22.1. The Morgan fingerprint density at radius 1 is 1.19 bits per heavy atom. The molecule has 2 fully saturated rings. The van der Waals surface area contributed by atoms with Crippen molar-refractivity contribution >= 4 is 22.6 Å². The van der Waals surface area contributed by atoms with Crippen molar-refractivity contribution in [3.05, 3.63) is 33.4 Å². The average molecular weight is 327 g/mol. The van der Waals surface area contributed by atoms with Gasteiger partial charge in [-0.25, -0.2) is 0 Å². The summed E-state index contributed by atoms with van der Waals surface area (Å²) in [6.45, 7) is 2.27. The van der Waals surface area contributed by atoms with Gasteiger partial charge in [0.1, 0.15) is 0 Å². The third kappa shape index (κ3) is 2.43. The molecule has 3 rings (SSSR count). The van der Waals surface area contributed by atoms with Crippen LogP contribution in [0, 0.1) is 14.9 Å². The van der Waals surface area contributed by atoms with E-state index in [1.807, 2.05) is 0 Å². The Hall–Kier alpha value is -0.0900. The molecule has 0 atom stereocenters. The van der Waals surface area contributed by atoms with Crippen LogP contribution in [0.4, 0.5) is 0 Å². The van der Waals surface area contributed by atoms with Crippen molar-refractivity contribution < 1.29 is 0 Å². The summed E-state index contributed by atoms with van der Waals surface area (Å²) in [5, 5.41) is 3.64. The molecule has 1 aromatic rings. The Balaban J connectivity index is 1.48. The summed E-state index contributed by atoms with van der Waals surface area (Å²) in [6.07, 6.45) is 5.92. The third-order valence-corrected chi connectivity index (χ3v) is 4.77. The van der Waals surface area contributed by atoms with E-state index in [-0.39, 0.29) is 0 Å². The molecular weight excluding hydrogens is 309 g/mol. The highest BCUT2D eigenvalue weighted by molar-refractivity contribution is 14.1. The van der Waals surface area contributed by atoms with E-state index in [9.17, 15) is 0 Å². The Kier molecular flexibility index (Phi) is 2.96. The molecule has 0 amide bonds. The summed E-state index contributed by atoms with van der Waals surface area (Å²) >= 11 is 2.35. The summed E-state index contributed by atoms with van der Waals surface area (Å²) in [5.74, 6) is 1.07. The van der Waals surface area contributed by atoms with Crippen molar-refractivity contribution in [3.8, 4) is 0 Å². The summed E-state index contributed by atoms with van der Waals surface area (Å²) in [5.41, 5.74) is 2.13. The molecule has 0 radical (unpaired) electrons. The van der Waals surface area contributed by atoms with Crippen LogP contribution in [0.3, 0.4) is 0 Å². The molecule has 1 N–H and O–H groups in total. The molecule has 0 bridgehead atoms. The Labute approximate surface area is 111 Å². The predicted molar refractivity (Wildman–Crippen MR) is 75.3 cm³/mol. The van der Waals surface area contributed by atoms with Crippen molar-refractivity contribution in [2.24, 2.45) is 11.3 Å². The molecule has 86 valence electrons. The van der Waals surface area contributed by atoms with Gasteiger partial charge in [0, 0.05) is 16.7 Å². The lowest BCUT2D eigenvalue weighted by molar-refractivity contribution is 0.403. The Morgan fingerprint density at radius 2 is 1.88 bits per heavy atom. The summed E-state index contributed by atoms with van der Waals surface area (Å²) in [7, 11) is 0. The highest BCUT2D eigenvalue weighted by Crippen LogP contribution is 2.60. The maximum absolute atomic E-state index is 3.64. The lowest BCUT2D eigenvalue weighted by atomic mass is 10.0. The van der Waals surface area contributed by atoms with E-state index in [2.05, 4.69) is 52.2 Å². The number of hydrogen-bond acceptors (Lipinski definition) is 1. The Morgan fingerprint density at radius 3 is 2.44 bits per heavy atom. The van der Waals surface area contributed by atoms with Gasteiger partial charge in [-0.1, -0.05) is 12.1 Å². The van der Waals surface area contributed by atoms with E-state index in [4.69, 9.17) is 0 Å². The zero-order chi connectivity index (χ0) is 11.0. The maximum atomic E-state index is 3.64. The highest BCUT2D eigenvalue weighted by Gasteiger charge is 2.53. The van der Waals surface area contributed by atoms with Crippen LogP contribution >= 0.6 is 22.6 Å². The molecule has 0 unspecified atom stereocenters. The minimum Gasteiger partial charge on any atom is -0.312 e. The topological polar surface area (TPSA) is 12.0 Å². The number of halogens is 1. The second-order valence-electron chi connectivity index (χ2n) is 5.37. The zero-order valence-electron chi connectivity index (χ0n) is 9.51. The van der Waals surface area contributed by atoms with Gasteiger partial charge in [-0.3, -0.25) is 0 Å². The lowest BCUT2D eigenvalue weighted by Gasteiger charge is -2.14. The van der Waals surface area contributed by atoms with Crippen LogP contribution in [0.25, 0.3) is 0 Å². The fourth-order valence-electron chi connectivity index (χ4n) is 2.64. The van der Waals surface area contributed by atoms with Gasteiger partial charge in [0.2, 0.25) is 0 Å². The molecule has 16 heavy (non-hydrogen) atoms. The van der Waals surface area contributed by atoms with E-state index >= 15 is 0 Å². The molecule has 2 saturated carbocycles. The summed E-state index contributed by atoms with van der Waals surface area (Å²) < 4.78 is 1.32. The van der Waals surface area contributed by atoms with Gasteiger partial charge in [-0.15, -0.1) is 0 Å². The summed E-state index contributed by atoms with van der Waals surface area (Å²) in [4.78, 5) is 0. The molecule has 2 heteroatoms. The Bertz CT molecular complexity index is 363. The molecule has 0 aromatic heterocycles. The minimum atomic E-state index is 0.725. The molecule has 0 spiro atoms. The van der Waals surface area contributed by atoms with Crippen molar-refractivity contribution in [2.75, 3.05) is 6.54 Å². The van der Waals surface area contributed by atoms with Crippen LogP contribution < -0.4 is 5.32 Å². The highest BCUT2D eigenvalue weighted by atomic mass is 127. The van der Waals surface area contributed by atoms with Gasteiger partial charge in [0.15, 0.2) is 0 Å². The molecule has 0 aliphatic heterocycles. The van der Waals surface area contributed by atoms with Crippen molar-refractivity contribution in [2.45, 2.75) is 32.2 Å². The maximum Gasteiger partial charge on any atom is 0.0205 e. The first kappa shape index (κ1) is 11.0. The van der Waals surface area contributed by atoms with Crippen LogP contribution in [-0.4, -0.2) is 6.54 Å². The average Bonchev–Trinajstić information content (AvgIpc) is 3.15. The standard InChI is InChI=1S/C14H18IN/c15-13-5-1-11(2-6-13)9-16-10-14(7-8-14)12-3-4-12/h1-2,5-6,12,16H,3-4,7-10H2. The van der Waals surface area contributed by atoms with E-state index in [0.29, 0.717) is 0 Å². The molecule has 1 nitrogen and oxygen atoms in total. The van der Waals surface area contributed by atoms with E-state index in [1.165, 1.54) is 41.4 Å². The number of hydrogen-bond donors (Lipinski definition) is 1. The zero-order valence-corrected chi connectivity index (χ0v) is 11.7. The van der Waals surface area contributed by atoms with E-state index in [1.54, 1.807) is 0 Å².